The number of ether oxygens (including phenoxy) is 2. The van der Waals surface area contributed by atoms with Crippen LogP contribution in [0.1, 0.15) is 85.9 Å². The molecule has 0 aliphatic heterocycles. The third kappa shape index (κ3) is 12.1. The zero-order valence-corrected chi connectivity index (χ0v) is 18.5. The van der Waals surface area contributed by atoms with Gasteiger partial charge >= 0.3 is 11.9 Å². The fraction of sp³-hybridized carbons (Fsp3) is 0.462. The van der Waals surface area contributed by atoms with Gasteiger partial charge in [-0.25, -0.2) is 9.59 Å². The van der Waals surface area contributed by atoms with E-state index in [0.29, 0.717) is 24.3 Å². The van der Waals surface area contributed by atoms with Crippen LogP contribution in [0, 0.1) is 0 Å². The Labute approximate surface area is 181 Å². The fourth-order valence-electron chi connectivity index (χ4n) is 2.67. The van der Waals surface area contributed by atoms with E-state index in [1.54, 1.807) is 24.3 Å². The average molecular weight is 413 g/mol. The SMILES string of the molecule is CCCCCCCCOC(=O)c1ccccc1.CCCCOC(=O)c1ccccc1. The van der Waals surface area contributed by atoms with Gasteiger partial charge in [-0.3, -0.25) is 0 Å². The van der Waals surface area contributed by atoms with Gasteiger partial charge < -0.3 is 9.47 Å². The smallest absolute Gasteiger partial charge is 0.338 e. The monoisotopic (exact) mass is 412 g/mol. The number of hydrogen-bond donors (Lipinski definition) is 0. The minimum absolute atomic E-state index is 0.209. The summed E-state index contributed by atoms with van der Waals surface area (Å²) in [7, 11) is 0. The van der Waals surface area contributed by atoms with E-state index in [0.717, 1.165) is 25.7 Å². The second kappa shape index (κ2) is 17.3. The Balaban J connectivity index is 0.000000311. The van der Waals surface area contributed by atoms with Crippen LogP contribution < -0.4 is 0 Å². The molecule has 0 amide bonds. The lowest BCUT2D eigenvalue weighted by molar-refractivity contribution is 0.0489. The van der Waals surface area contributed by atoms with E-state index in [2.05, 4.69) is 13.8 Å². The minimum Gasteiger partial charge on any atom is -0.462 e. The number of unbranched alkanes of at least 4 members (excludes halogenated alkanes) is 6. The van der Waals surface area contributed by atoms with Gasteiger partial charge in [0.2, 0.25) is 0 Å². The molecule has 0 fully saturated rings. The molecular weight excluding hydrogens is 376 g/mol. The van der Waals surface area contributed by atoms with E-state index in [4.69, 9.17) is 9.47 Å². The Hall–Kier alpha value is -2.62. The second-order valence-corrected chi connectivity index (χ2v) is 7.13. The van der Waals surface area contributed by atoms with Crippen molar-refractivity contribution in [2.45, 2.75) is 65.2 Å². The van der Waals surface area contributed by atoms with E-state index in [1.165, 1.54) is 25.7 Å². The van der Waals surface area contributed by atoms with Gasteiger partial charge in [0.15, 0.2) is 0 Å². The summed E-state index contributed by atoms with van der Waals surface area (Å²) < 4.78 is 10.2. The van der Waals surface area contributed by atoms with E-state index < -0.39 is 0 Å². The molecule has 0 atom stereocenters. The zero-order valence-electron chi connectivity index (χ0n) is 18.5. The molecule has 4 heteroatoms. The van der Waals surface area contributed by atoms with Crippen molar-refractivity contribution in [1.29, 1.82) is 0 Å². The first kappa shape index (κ1) is 25.4. The van der Waals surface area contributed by atoms with Crippen molar-refractivity contribution in [3.8, 4) is 0 Å². The largest absolute Gasteiger partial charge is 0.462 e. The van der Waals surface area contributed by atoms with Crippen LogP contribution in [0.4, 0.5) is 0 Å². The number of carbonyl (C=O) groups excluding carboxylic acids is 2. The average Bonchev–Trinajstić information content (AvgIpc) is 2.80. The lowest BCUT2D eigenvalue weighted by atomic mass is 10.1. The van der Waals surface area contributed by atoms with Crippen molar-refractivity contribution in [1.82, 2.24) is 0 Å². The summed E-state index contributed by atoms with van der Waals surface area (Å²) in [6.07, 6.45) is 9.22. The molecule has 2 aromatic carbocycles. The Bertz CT molecular complexity index is 683. The van der Waals surface area contributed by atoms with Crippen molar-refractivity contribution in [2.24, 2.45) is 0 Å². The molecule has 0 heterocycles. The van der Waals surface area contributed by atoms with Crippen LogP contribution in [0.15, 0.2) is 60.7 Å². The molecular formula is C26H36O4. The van der Waals surface area contributed by atoms with Crippen LogP contribution in [-0.2, 0) is 9.47 Å². The summed E-state index contributed by atoms with van der Waals surface area (Å²) in [5.74, 6) is -0.437. The molecule has 0 unspecified atom stereocenters. The fourth-order valence-corrected chi connectivity index (χ4v) is 2.67. The van der Waals surface area contributed by atoms with Gasteiger partial charge in [-0.1, -0.05) is 88.8 Å². The third-order valence-corrected chi connectivity index (χ3v) is 4.48. The third-order valence-electron chi connectivity index (χ3n) is 4.48. The number of esters is 2. The standard InChI is InChI=1S/C15H22O2.C11H14O2/c1-2-3-4-5-6-10-13-17-15(16)14-11-8-7-9-12-14;1-2-3-9-13-11(12)10-7-5-4-6-8-10/h7-9,11-12H,2-6,10,13H2,1H3;4-8H,2-3,9H2,1H3. The number of carbonyl (C=O) groups is 2. The lowest BCUT2D eigenvalue weighted by Crippen LogP contribution is -2.06. The number of rotatable bonds is 12. The highest BCUT2D eigenvalue weighted by Crippen LogP contribution is 2.06. The number of hydrogen-bond acceptors (Lipinski definition) is 4. The van der Waals surface area contributed by atoms with Crippen molar-refractivity contribution in [3.05, 3.63) is 71.8 Å². The van der Waals surface area contributed by atoms with Crippen molar-refractivity contribution in [3.63, 3.8) is 0 Å². The molecule has 0 radical (unpaired) electrons. The van der Waals surface area contributed by atoms with Crippen molar-refractivity contribution in [2.75, 3.05) is 13.2 Å². The number of benzene rings is 2. The molecule has 164 valence electrons. The molecule has 2 rings (SSSR count). The van der Waals surface area contributed by atoms with Crippen molar-refractivity contribution >= 4 is 11.9 Å². The summed E-state index contributed by atoms with van der Waals surface area (Å²) >= 11 is 0. The van der Waals surface area contributed by atoms with E-state index in [-0.39, 0.29) is 11.9 Å². The Morgan fingerprint density at radius 3 is 1.43 bits per heavy atom. The molecule has 0 N–H and O–H groups in total. The first-order chi connectivity index (χ1) is 14.7. The molecule has 0 bridgehead atoms. The normalized spacial score (nSPS) is 9.93. The maximum atomic E-state index is 11.6. The van der Waals surface area contributed by atoms with Crippen LogP contribution >= 0.6 is 0 Å². The highest BCUT2D eigenvalue weighted by Gasteiger charge is 2.05. The molecule has 0 saturated carbocycles. The highest BCUT2D eigenvalue weighted by molar-refractivity contribution is 5.89. The summed E-state index contributed by atoms with van der Waals surface area (Å²) in [5, 5.41) is 0. The molecule has 0 saturated heterocycles. The maximum Gasteiger partial charge on any atom is 0.338 e. The first-order valence-corrected chi connectivity index (χ1v) is 11.1. The maximum absolute atomic E-state index is 11.6. The molecule has 0 spiro atoms. The molecule has 0 aromatic heterocycles. The molecule has 0 aliphatic carbocycles. The molecule has 2 aromatic rings. The van der Waals surface area contributed by atoms with Crippen LogP contribution in [0.5, 0.6) is 0 Å². The molecule has 30 heavy (non-hydrogen) atoms. The van der Waals surface area contributed by atoms with Gasteiger partial charge in [-0.15, -0.1) is 0 Å². The van der Waals surface area contributed by atoms with Gasteiger partial charge in [-0.05, 0) is 37.1 Å². The minimum atomic E-state index is -0.228. The van der Waals surface area contributed by atoms with Crippen LogP contribution in [0.2, 0.25) is 0 Å². The Kier molecular flexibility index (Phi) is 14.6. The van der Waals surface area contributed by atoms with E-state index >= 15 is 0 Å². The van der Waals surface area contributed by atoms with Gasteiger partial charge in [0.25, 0.3) is 0 Å². The first-order valence-electron chi connectivity index (χ1n) is 11.1. The summed E-state index contributed by atoms with van der Waals surface area (Å²) in [6.45, 7) is 5.34. The van der Waals surface area contributed by atoms with Crippen LogP contribution in [0.3, 0.4) is 0 Å². The topological polar surface area (TPSA) is 52.6 Å². The summed E-state index contributed by atoms with van der Waals surface area (Å²) in [4.78, 5) is 22.9. The Morgan fingerprint density at radius 2 is 0.967 bits per heavy atom. The zero-order chi connectivity index (χ0) is 21.9. The highest BCUT2D eigenvalue weighted by atomic mass is 16.5. The Morgan fingerprint density at radius 1 is 0.567 bits per heavy atom. The quantitative estimate of drug-likeness (QED) is 0.283. The molecule has 0 aliphatic rings. The molecule has 4 nitrogen and oxygen atoms in total. The van der Waals surface area contributed by atoms with Gasteiger partial charge in [0.1, 0.15) is 0 Å². The van der Waals surface area contributed by atoms with Gasteiger partial charge in [0.05, 0.1) is 24.3 Å². The van der Waals surface area contributed by atoms with Crippen molar-refractivity contribution < 1.29 is 19.1 Å². The van der Waals surface area contributed by atoms with Crippen LogP contribution in [-0.4, -0.2) is 25.2 Å². The van der Waals surface area contributed by atoms with Crippen LogP contribution in [0.25, 0.3) is 0 Å². The predicted molar refractivity (Wildman–Crippen MR) is 122 cm³/mol. The second-order valence-electron chi connectivity index (χ2n) is 7.13. The predicted octanol–water partition coefficient (Wildman–Crippen LogP) is 6.85. The van der Waals surface area contributed by atoms with E-state index in [9.17, 15) is 9.59 Å². The van der Waals surface area contributed by atoms with Gasteiger partial charge in [0, 0.05) is 0 Å². The van der Waals surface area contributed by atoms with E-state index in [1.807, 2.05) is 36.4 Å². The lowest BCUT2D eigenvalue weighted by Gasteiger charge is -2.04. The van der Waals surface area contributed by atoms with Gasteiger partial charge in [-0.2, -0.15) is 0 Å². The summed E-state index contributed by atoms with van der Waals surface area (Å²) in [6, 6.07) is 18.2. The summed E-state index contributed by atoms with van der Waals surface area (Å²) in [5.41, 5.74) is 1.26.